The summed E-state index contributed by atoms with van der Waals surface area (Å²) in [6.45, 7) is 2.95. The number of benzene rings is 1. The van der Waals surface area contributed by atoms with E-state index in [0.29, 0.717) is 12.0 Å². The summed E-state index contributed by atoms with van der Waals surface area (Å²) in [5.41, 5.74) is 1.24. The van der Waals surface area contributed by atoms with Gasteiger partial charge in [-0.05, 0) is 55.7 Å². The van der Waals surface area contributed by atoms with E-state index in [0.717, 1.165) is 43.7 Å². The molecule has 4 nitrogen and oxygen atoms in total. The van der Waals surface area contributed by atoms with Crippen LogP contribution in [0.15, 0.2) is 29.3 Å². The first-order valence-corrected chi connectivity index (χ1v) is 9.33. The number of nitrogens with zero attached hydrogens (tertiary/aromatic N) is 1. The molecule has 1 fully saturated rings. The Bertz CT molecular complexity index is 604. The van der Waals surface area contributed by atoms with Gasteiger partial charge in [0.2, 0.25) is 5.91 Å². The molecule has 0 saturated carbocycles. The molecular formula is C19H26ClN3O. The summed E-state index contributed by atoms with van der Waals surface area (Å²) in [4.78, 5) is 16.9. The summed E-state index contributed by atoms with van der Waals surface area (Å²) >= 11 is 6.04. The minimum absolute atomic E-state index is 0.0613. The Balaban J connectivity index is 1.47. The lowest BCUT2D eigenvalue weighted by Crippen LogP contribution is -2.40. The summed E-state index contributed by atoms with van der Waals surface area (Å²) in [7, 11) is 0. The van der Waals surface area contributed by atoms with Gasteiger partial charge in [-0.15, -0.1) is 0 Å². The van der Waals surface area contributed by atoms with Crippen molar-refractivity contribution in [2.24, 2.45) is 16.8 Å². The lowest BCUT2D eigenvalue weighted by atomic mass is 9.93. The fourth-order valence-electron chi connectivity index (χ4n) is 3.59. The molecule has 4 unspecified atom stereocenters. The van der Waals surface area contributed by atoms with Gasteiger partial charge in [-0.3, -0.25) is 9.79 Å². The van der Waals surface area contributed by atoms with Crippen molar-refractivity contribution in [2.45, 2.75) is 51.2 Å². The summed E-state index contributed by atoms with van der Waals surface area (Å²) < 4.78 is 0. The lowest BCUT2D eigenvalue weighted by molar-refractivity contribution is -0.125. The molecule has 0 bridgehead atoms. The number of hydrogen-bond donors (Lipinski definition) is 2. The van der Waals surface area contributed by atoms with Gasteiger partial charge in [0.05, 0.1) is 5.92 Å². The molecular weight excluding hydrogens is 322 g/mol. The molecule has 130 valence electrons. The van der Waals surface area contributed by atoms with Crippen LogP contribution in [0.25, 0.3) is 0 Å². The van der Waals surface area contributed by atoms with Gasteiger partial charge in [0.1, 0.15) is 6.17 Å². The maximum absolute atomic E-state index is 12.3. The monoisotopic (exact) mass is 347 g/mol. The second-order valence-corrected chi connectivity index (χ2v) is 7.38. The second kappa shape index (κ2) is 8.13. The van der Waals surface area contributed by atoms with Gasteiger partial charge < -0.3 is 10.6 Å². The van der Waals surface area contributed by atoms with Crippen LogP contribution in [0.3, 0.4) is 0 Å². The van der Waals surface area contributed by atoms with Crippen LogP contribution in [0.1, 0.15) is 38.2 Å². The van der Waals surface area contributed by atoms with Crippen molar-refractivity contribution in [3.8, 4) is 0 Å². The molecule has 5 heteroatoms. The zero-order valence-electron chi connectivity index (χ0n) is 14.2. The molecule has 1 amide bonds. The number of aliphatic imine (C=N–C) groups is 1. The molecule has 1 aromatic rings. The van der Waals surface area contributed by atoms with Gasteiger partial charge in [-0.2, -0.15) is 0 Å². The third kappa shape index (κ3) is 4.58. The largest absolute Gasteiger partial charge is 0.334 e. The predicted molar refractivity (Wildman–Crippen MR) is 98.5 cm³/mol. The van der Waals surface area contributed by atoms with Gasteiger partial charge in [-0.25, -0.2) is 0 Å². The van der Waals surface area contributed by atoms with Crippen LogP contribution in [0, 0.1) is 11.8 Å². The number of hydrogen-bond acceptors (Lipinski definition) is 3. The Labute approximate surface area is 149 Å². The number of carbonyl (C=O) groups excluding carboxylic acids is 1. The van der Waals surface area contributed by atoms with Crippen molar-refractivity contribution in [3.63, 3.8) is 0 Å². The molecule has 24 heavy (non-hydrogen) atoms. The van der Waals surface area contributed by atoms with Crippen molar-refractivity contribution in [2.75, 3.05) is 6.54 Å². The van der Waals surface area contributed by atoms with Crippen molar-refractivity contribution in [3.05, 3.63) is 34.9 Å². The van der Waals surface area contributed by atoms with Gasteiger partial charge in [0, 0.05) is 23.8 Å². The smallest absolute Gasteiger partial charge is 0.226 e. The van der Waals surface area contributed by atoms with E-state index in [1.807, 2.05) is 24.4 Å². The molecule has 3 rings (SSSR count). The molecule has 0 aliphatic carbocycles. The number of carbonyl (C=O) groups is 1. The molecule has 1 saturated heterocycles. The molecule has 1 aromatic carbocycles. The molecule has 4 atom stereocenters. The van der Waals surface area contributed by atoms with Gasteiger partial charge in [0.15, 0.2) is 0 Å². The number of halogens is 1. The molecule has 2 N–H and O–H groups in total. The van der Waals surface area contributed by atoms with Crippen molar-refractivity contribution >= 4 is 23.7 Å². The van der Waals surface area contributed by atoms with E-state index < -0.39 is 0 Å². The van der Waals surface area contributed by atoms with Gasteiger partial charge in [-0.1, -0.05) is 30.7 Å². The highest BCUT2D eigenvalue weighted by Gasteiger charge is 2.30. The highest BCUT2D eigenvalue weighted by Crippen LogP contribution is 2.21. The summed E-state index contributed by atoms with van der Waals surface area (Å²) in [5, 5.41) is 7.28. The molecule has 2 heterocycles. The van der Waals surface area contributed by atoms with Gasteiger partial charge >= 0.3 is 0 Å². The number of rotatable bonds is 5. The average molecular weight is 348 g/mol. The zero-order valence-corrected chi connectivity index (χ0v) is 14.9. The van der Waals surface area contributed by atoms with E-state index in [-0.39, 0.29) is 18.0 Å². The minimum atomic E-state index is -0.0613. The molecule has 0 radical (unpaired) electrons. The first-order chi connectivity index (χ1) is 11.6. The van der Waals surface area contributed by atoms with Crippen LogP contribution in [-0.2, 0) is 11.2 Å². The van der Waals surface area contributed by atoms with Crippen LogP contribution < -0.4 is 10.6 Å². The third-order valence-electron chi connectivity index (χ3n) is 5.07. The van der Waals surface area contributed by atoms with Crippen LogP contribution in [-0.4, -0.2) is 30.9 Å². The van der Waals surface area contributed by atoms with Crippen molar-refractivity contribution in [1.82, 2.24) is 10.6 Å². The fourth-order valence-corrected chi connectivity index (χ4v) is 3.80. The predicted octanol–water partition coefficient (Wildman–Crippen LogP) is 3.19. The Morgan fingerprint density at radius 1 is 1.42 bits per heavy atom. The van der Waals surface area contributed by atoms with Crippen LogP contribution in [0.2, 0.25) is 5.02 Å². The highest BCUT2D eigenvalue weighted by molar-refractivity contribution is 6.30. The van der Waals surface area contributed by atoms with Crippen LogP contribution in [0.5, 0.6) is 0 Å². The van der Waals surface area contributed by atoms with E-state index in [2.05, 4.69) is 28.6 Å². The summed E-state index contributed by atoms with van der Waals surface area (Å²) in [6, 6.07) is 8.48. The second-order valence-electron chi connectivity index (χ2n) is 6.94. The van der Waals surface area contributed by atoms with Crippen molar-refractivity contribution < 1.29 is 4.79 Å². The van der Waals surface area contributed by atoms with Gasteiger partial charge in [0.25, 0.3) is 0 Å². The first kappa shape index (κ1) is 17.4. The average Bonchev–Trinajstić information content (AvgIpc) is 3.06. The topological polar surface area (TPSA) is 53.5 Å². The van der Waals surface area contributed by atoms with E-state index in [1.54, 1.807) is 0 Å². The molecule has 2 aliphatic rings. The quantitative estimate of drug-likeness (QED) is 0.859. The Kier molecular flexibility index (Phi) is 5.90. The molecule has 2 aliphatic heterocycles. The Morgan fingerprint density at radius 2 is 2.29 bits per heavy atom. The lowest BCUT2D eigenvalue weighted by Gasteiger charge is -2.24. The Morgan fingerprint density at radius 3 is 2.96 bits per heavy atom. The van der Waals surface area contributed by atoms with E-state index in [4.69, 9.17) is 11.6 Å². The molecule has 0 aromatic heterocycles. The summed E-state index contributed by atoms with van der Waals surface area (Å²) in [6.07, 6.45) is 6.87. The van der Waals surface area contributed by atoms with E-state index in [1.165, 1.54) is 5.56 Å². The fraction of sp³-hybridized carbons (Fsp3) is 0.579. The van der Waals surface area contributed by atoms with Crippen LogP contribution in [0.4, 0.5) is 0 Å². The third-order valence-corrected chi connectivity index (χ3v) is 5.30. The normalized spacial score (nSPS) is 29.6. The zero-order chi connectivity index (χ0) is 16.9. The van der Waals surface area contributed by atoms with E-state index >= 15 is 0 Å². The van der Waals surface area contributed by atoms with E-state index in [9.17, 15) is 4.79 Å². The van der Waals surface area contributed by atoms with Crippen LogP contribution >= 0.6 is 11.6 Å². The first-order valence-electron chi connectivity index (χ1n) is 8.95. The standard InChI is InChI=1S/C19H26ClN3O/c1-2-17-10-15(12-21-17)19(24)23-18-7-6-14(11-22-18)8-13-4-3-5-16(20)9-13/h3-5,9,11,14-15,17-18,21H,2,6-8,10,12H2,1H3,(H,23,24). The minimum Gasteiger partial charge on any atom is -0.334 e. The van der Waals surface area contributed by atoms with Crippen molar-refractivity contribution in [1.29, 1.82) is 0 Å². The SMILES string of the molecule is CCC1CC(C(=O)NC2CCC(Cc3cccc(Cl)c3)C=N2)CN1. The summed E-state index contributed by atoms with van der Waals surface area (Å²) in [5.74, 6) is 0.664. The molecule has 0 spiro atoms. The maximum Gasteiger partial charge on any atom is 0.226 e. The number of nitrogens with one attached hydrogen (secondary N) is 2. The highest BCUT2D eigenvalue weighted by atomic mass is 35.5. The number of amides is 1. The maximum atomic E-state index is 12.3. The Hall–Kier alpha value is -1.39.